The maximum atomic E-state index is 12.8. The second-order valence-corrected chi connectivity index (χ2v) is 15.7. The second-order valence-electron chi connectivity index (χ2n) is 13.5. The predicted octanol–water partition coefficient (Wildman–Crippen LogP) is 4.42. The highest BCUT2D eigenvalue weighted by Crippen LogP contribution is 2.47. The summed E-state index contributed by atoms with van der Waals surface area (Å²) < 4.78 is 23.7. The highest BCUT2D eigenvalue weighted by Gasteiger charge is 2.38. The molecule has 1 aromatic heterocycles. The molecule has 1 saturated heterocycles. The van der Waals surface area contributed by atoms with Gasteiger partial charge in [-0.05, 0) is 109 Å². The molecule has 1 aliphatic heterocycles. The van der Waals surface area contributed by atoms with Crippen LogP contribution in [0.1, 0.15) is 71.6 Å². The van der Waals surface area contributed by atoms with Gasteiger partial charge < -0.3 is 35.6 Å². The summed E-state index contributed by atoms with van der Waals surface area (Å²) in [5.74, 6) is 5.43. The Balaban J connectivity index is 0.948. The number of anilines is 3. The van der Waals surface area contributed by atoms with E-state index >= 15 is 0 Å². The highest BCUT2D eigenvalue weighted by molar-refractivity contribution is 7.53. The van der Waals surface area contributed by atoms with E-state index in [0.717, 1.165) is 82.0 Å². The fourth-order valence-corrected chi connectivity index (χ4v) is 9.54. The van der Waals surface area contributed by atoms with E-state index in [1.54, 1.807) is 0 Å². The van der Waals surface area contributed by atoms with Crippen LogP contribution >= 0.6 is 7.60 Å². The summed E-state index contributed by atoms with van der Waals surface area (Å²) >= 11 is 0. The van der Waals surface area contributed by atoms with Gasteiger partial charge in [0.05, 0.1) is 19.4 Å². The predicted molar refractivity (Wildman–Crippen MR) is 179 cm³/mol. The third kappa shape index (κ3) is 10.0. The fourth-order valence-electron chi connectivity index (χ4n) is 7.90. The van der Waals surface area contributed by atoms with Gasteiger partial charge >= 0.3 is 7.60 Å². The molecule has 0 spiro atoms. The highest BCUT2D eigenvalue weighted by atomic mass is 31.2. The van der Waals surface area contributed by atoms with Crippen LogP contribution in [-0.2, 0) is 13.6 Å². The van der Waals surface area contributed by atoms with Crippen molar-refractivity contribution in [2.24, 2.45) is 23.7 Å². The largest absolute Gasteiger partial charge is 0.383 e. The average Bonchev–Trinajstić information content (AvgIpc) is 3.66. The number of nitrogens with zero attached hydrogens (tertiary/aromatic N) is 4. The van der Waals surface area contributed by atoms with Crippen LogP contribution in [0.5, 0.6) is 0 Å². The Hall–Kier alpha value is -1.49. The number of fused-ring (bicyclic) bond motifs is 2. The minimum Gasteiger partial charge on any atom is -0.383 e. The number of aromatic nitrogens is 2. The van der Waals surface area contributed by atoms with Crippen LogP contribution in [0.15, 0.2) is 6.07 Å². The van der Waals surface area contributed by atoms with Crippen LogP contribution in [0.3, 0.4) is 0 Å². The van der Waals surface area contributed by atoms with Gasteiger partial charge in [-0.1, -0.05) is 6.42 Å². The smallest absolute Gasteiger partial charge is 0.331 e. The number of nitrogens with two attached hydrogens (primary N) is 1. The van der Waals surface area contributed by atoms with Gasteiger partial charge in [0.25, 0.3) is 0 Å². The van der Waals surface area contributed by atoms with Crippen molar-refractivity contribution in [1.29, 1.82) is 0 Å². The van der Waals surface area contributed by atoms with Crippen molar-refractivity contribution in [3.63, 3.8) is 0 Å². The Labute approximate surface area is 265 Å². The van der Waals surface area contributed by atoms with Crippen molar-refractivity contribution in [2.75, 3.05) is 94.2 Å². The Morgan fingerprint density at radius 1 is 0.932 bits per heavy atom. The van der Waals surface area contributed by atoms with E-state index < -0.39 is 7.60 Å². The molecule has 0 aromatic carbocycles. The maximum Gasteiger partial charge on any atom is 0.331 e. The van der Waals surface area contributed by atoms with Crippen LogP contribution in [0.4, 0.5) is 17.6 Å². The van der Waals surface area contributed by atoms with Gasteiger partial charge in [-0.15, -0.1) is 0 Å². The van der Waals surface area contributed by atoms with E-state index in [1.807, 2.05) is 19.9 Å². The molecule has 2 heterocycles. The van der Waals surface area contributed by atoms with Crippen molar-refractivity contribution in [3.8, 4) is 0 Å². The van der Waals surface area contributed by atoms with E-state index in [-0.39, 0.29) is 0 Å². The molecule has 44 heavy (non-hydrogen) atoms. The third-order valence-electron chi connectivity index (χ3n) is 10.4. The molecule has 12 heteroatoms. The molecule has 4 fully saturated rings. The SMILES string of the molecule is CCOP(=O)(CCN1CCN(c2cc(N)nc(NCC3CCC(CNCCCN[C@H]4C[C@@H]5CC[C@H]4C5)CC3)n2)CC1)OCC. The minimum atomic E-state index is -3.02. The van der Waals surface area contributed by atoms with Crippen molar-refractivity contribution in [1.82, 2.24) is 25.5 Å². The number of nitrogens with one attached hydrogen (secondary N) is 3. The lowest BCUT2D eigenvalue weighted by Crippen LogP contribution is -2.47. The third-order valence-corrected chi connectivity index (χ3v) is 12.4. The zero-order valence-electron chi connectivity index (χ0n) is 27.4. The van der Waals surface area contributed by atoms with Gasteiger partial charge in [-0.25, -0.2) is 0 Å². The summed E-state index contributed by atoms with van der Waals surface area (Å²) in [6, 6.07) is 2.68. The molecule has 0 unspecified atom stereocenters. The first-order valence-corrected chi connectivity index (χ1v) is 19.3. The van der Waals surface area contributed by atoms with Crippen molar-refractivity contribution >= 4 is 25.2 Å². The molecule has 1 aromatic rings. The van der Waals surface area contributed by atoms with Gasteiger partial charge in [0.1, 0.15) is 11.6 Å². The molecule has 4 aliphatic rings. The Bertz CT molecular complexity index is 1040. The van der Waals surface area contributed by atoms with Crippen molar-refractivity contribution in [3.05, 3.63) is 6.07 Å². The summed E-state index contributed by atoms with van der Waals surface area (Å²) in [5.41, 5.74) is 6.20. The summed E-state index contributed by atoms with van der Waals surface area (Å²) in [4.78, 5) is 13.9. The Morgan fingerprint density at radius 2 is 1.66 bits per heavy atom. The summed E-state index contributed by atoms with van der Waals surface area (Å²) in [6.07, 6.45) is 12.6. The van der Waals surface area contributed by atoms with E-state index in [1.165, 1.54) is 57.8 Å². The molecule has 0 radical (unpaired) electrons. The van der Waals surface area contributed by atoms with Crippen LogP contribution in [0.2, 0.25) is 0 Å². The Kier molecular flexibility index (Phi) is 13.0. The van der Waals surface area contributed by atoms with Crippen LogP contribution < -0.4 is 26.6 Å². The monoisotopic (exact) mass is 634 g/mol. The lowest BCUT2D eigenvalue weighted by molar-refractivity contribution is 0.209. The number of piperazine rings is 1. The first kappa shape index (κ1) is 33.9. The molecule has 3 saturated carbocycles. The number of hydrogen-bond donors (Lipinski definition) is 4. The van der Waals surface area contributed by atoms with E-state index in [0.29, 0.717) is 43.6 Å². The summed E-state index contributed by atoms with van der Waals surface area (Å²) in [5, 5.41) is 11.1. The summed E-state index contributed by atoms with van der Waals surface area (Å²) in [7, 11) is -3.02. The molecule has 5 N–H and O–H groups in total. The Morgan fingerprint density at radius 3 is 2.32 bits per heavy atom. The normalized spacial score (nSPS) is 27.7. The van der Waals surface area contributed by atoms with Crippen LogP contribution in [0, 0.1) is 23.7 Å². The summed E-state index contributed by atoms with van der Waals surface area (Å²) in [6.45, 7) is 12.9. The van der Waals surface area contributed by atoms with Crippen LogP contribution in [-0.4, -0.2) is 99.2 Å². The number of hydrogen-bond acceptors (Lipinski definition) is 11. The van der Waals surface area contributed by atoms with Gasteiger partial charge in [0.15, 0.2) is 0 Å². The van der Waals surface area contributed by atoms with E-state index in [4.69, 9.17) is 19.8 Å². The zero-order chi connectivity index (χ0) is 30.8. The number of rotatable bonds is 18. The molecule has 2 bridgehead atoms. The molecule has 11 nitrogen and oxygen atoms in total. The van der Waals surface area contributed by atoms with Gasteiger partial charge in [-0.2, -0.15) is 9.97 Å². The van der Waals surface area contributed by atoms with Crippen LogP contribution in [0.25, 0.3) is 0 Å². The molecule has 250 valence electrons. The van der Waals surface area contributed by atoms with E-state index in [2.05, 4.69) is 30.7 Å². The second kappa shape index (κ2) is 16.9. The topological polar surface area (TPSA) is 130 Å². The number of nitrogen functional groups attached to an aromatic ring is 1. The van der Waals surface area contributed by atoms with Gasteiger partial charge in [0, 0.05) is 51.4 Å². The van der Waals surface area contributed by atoms with Crippen molar-refractivity contribution < 1.29 is 13.6 Å². The molecule has 3 aliphatic carbocycles. The average molecular weight is 635 g/mol. The molecular formula is C32H59N8O3P. The van der Waals surface area contributed by atoms with E-state index in [9.17, 15) is 4.57 Å². The first-order valence-electron chi connectivity index (χ1n) is 17.6. The lowest BCUT2D eigenvalue weighted by atomic mass is 9.82. The first-order chi connectivity index (χ1) is 21.4. The fraction of sp³-hybridized carbons (Fsp3) is 0.875. The van der Waals surface area contributed by atoms with Gasteiger partial charge in [0.2, 0.25) is 5.95 Å². The molecule has 0 amide bonds. The quantitative estimate of drug-likeness (QED) is 0.135. The van der Waals surface area contributed by atoms with Gasteiger partial charge in [-0.3, -0.25) is 9.46 Å². The zero-order valence-corrected chi connectivity index (χ0v) is 28.2. The van der Waals surface area contributed by atoms with Crippen molar-refractivity contribution in [2.45, 2.75) is 77.7 Å². The lowest BCUT2D eigenvalue weighted by Gasteiger charge is -2.36. The minimum absolute atomic E-state index is 0.397. The standard InChI is InChI=1S/C32H59N8O3P/c1-3-42-44(41,43-4-2)19-18-39-14-16-40(17-15-39)31-22-30(33)37-32(38-31)36-24-26-8-6-25(7-9-26)23-34-12-5-13-35-29-21-27-10-11-28(29)20-27/h22,25-29,34-35H,3-21,23-24H2,1-2H3,(H3,33,36,37,38)/t25?,26?,27-,28+,29+/m1/s1. The maximum absolute atomic E-state index is 12.8. The molecular weight excluding hydrogens is 575 g/mol. The molecule has 3 atom stereocenters. The molecule has 5 rings (SSSR count).